The van der Waals surface area contributed by atoms with Crippen molar-refractivity contribution in [2.75, 3.05) is 43.1 Å². The van der Waals surface area contributed by atoms with Gasteiger partial charge in [-0.25, -0.2) is 9.97 Å². The van der Waals surface area contributed by atoms with Crippen LogP contribution in [-0.2, 0) is 31.2 Å². The van der Waals surface area contributed by atoms with Gasteiger partial charge in [-0.2, -0.15) is 9.78 Å². The second kappa shape index (κ2) is 12.5. The van der Waals surface area contributed by atoms with Crippen molar-refractivity contribution < 1.29 is 9.84 Å². The lowest BCUT2D eigenvalue weighted by molar-refractivity contribution is -0.0691. The van der Waals surface area contributed by atoms with E-state index in [1.165, 1.54) is 19.7 Å². The Kier molecular flexibility index (Phi) is 8.07. The van der Waals surface area contributed by atoms with Crippen LogP contribution in [0.2, 0.25) is 0 Å². The minimum absolute atomic E-state index is 0.223. The number of aryl methyl sites for hydroxylation is 3. The van der Waals surface area contributed by atoms with Crippen LogP contribution in [0.3, 0.4) is 0 Å². The summed E-state index contributed by atoms with van der Waals surface area (Å²) < 4.78 is 8.83. The second-order valence-corrected chi connectivity index (χ2v) is 14.1. The number of aromatic nitrogens is 5. The van der Waals surface area contributed by atoms with Crippen LogP contribution in [0.25, 0.3) is 27.0 Å². The highest BCUT2D eigenvalue weighted by atomic mass is 32.1. The van der Waals surface area contributed by atoms with Crippen molar-refractivity contribution in [1.82, 2.24) is 29.2 Å². The average Bonchev–Trinajstić information content (AvgIpc) is 3.46. The lowest BCUT2D eigenvalue weighted by Crippen LogP contribution is -2.59. The Morgan fingerprint density at radius 3 is 2.67 bits per heavy atom. The summed E-state index contributed by atoms with van der Waals surface area (Å²) in [4.78, 5) is 42.3. The zero-order valence-corrected chi connectivity index (χ0v) is 27.9. The van der Waals surface area contributed by atoms with E-state index in [2.05, 4.69) is 37.1 Å². The molecule has 5 aromatic rings. The molecule has 12 nitrogen and oxygen atoms in total. The number of ether oxygens (including phenoxy) is 1. The van der Waals surface area contributed by atoms with Crippen LogP contribution < -0.4 is 21.3 Å². The summed E-state index contributed by atoms with van der Waals surface area (Å²) >= 11 is 1.54. The fourth-order valence-electron chi connectivity index (χ4n) is 7.24. The van der Waals surface area contributed by atoms with Gasteiger partial charge in [0.2, 0.25) is 0 Å². The molecule has 2 fully saturated rings. The van der Waals surface area contributed by atoms with E-state index in [1.54, 1.807) is 49.1 Å². The van der Waals surface area contributed by atoms with Crippen LogP contribution in [-0.4, -0.2) is 79.3 Å². The summed E-state index contributed by atoms with van der Waals surface area (Å²) in [6.07, 6.45) is 11.1. The first-order valence-corrected chi connectivity index (χ1v) is 17.4. The third kappa shape index (κ3) is 5.40. The number of fused-ring (bicyclic) bond motifs is 3. The number of pyridine rings is 3. The Morgan fingerprint density at radius 2 is 1.92 bits per heavy atom. The first-order valence-electron chi connectivity index (χ1n) is 16.5. The molecule has 0 saturated carbocycles. The van der Waals surface area contributed by atoms with Crippen LogP contribution in [0.5, 0.6) is 0 Å². The highest BCUT2D eigenvalue weighted by Gasteiger charge is 2.32. The largest absolute Gasteiger partial charge is 0.392 e. The molecule has 48 heavy (non-hydrogen) atoms. The summed E-state index contributed by atoms with van der Waals surface area (Å²) in [6, 6.07) is 8.32. The molecule has 7 heterocycles. The molecule has 0 bridgehead atoms. The molecule has 2 N–H and O–H groups in total. The van der Waals surface area contributed by atoms with E-state index >= 15 is 0 Å². The fourth-order valence-corrected chi connectivity index (χ4v) is 8.53. The number of hydrogen-bond acceptors (Lipinski definition) is 11. The van der Waals surface area contributed by atoms with Crippen LogP contribution >= 0.6 is 11.3 Å². The number of nitrogens with one attached hydrogen (secondary N) is 1. The minimum atomic E-state index is -0.374. The molecule has 0 spiro atoms. The Labute approximate surface area is 281 Å². The van der Waals surface area contributed by atoms with Gasteiger partial charge in [-0.05, 0) is 68.0 Å². The number of aliphatic hydroxyl groups is 1. The number of thiophene rings is 1. The monoisotopic (exact) mass is 666 g/mol. The van der Waals surface area contributed by atoms with E-state index in [0.717, 1.165) is 69.6 Å². The topological polar surface area (TPSA) is 131 Å². The van der Waals surface area contributed by atoms with E-state index in [1.807, 2.05) is 18.3 Å². The van der Waals surface area contributed by atoms with Gasteiger partial charge in [0, 0.05) is 66.5 Å². The van der Waals surface area contributed by atoms with Gasteiger partial charge in [0.25, 0.3) is 11.1 Å². The van der Waals surface area contributed by atoms with Crippen molar-refractivity contribution in [1.29, 1.82) is 0 Å². The van der Waals surface area contributed by atoms with Gasteiger partial charge in [0.1, 0.15) is 16.2 Å². The molecule has 2 aliphatic heterocycles. The Hall–Kier alpha value is -4.43. The molecule has 1 aliphatic carbocycles. The highest BCUT2D eigenvalue weighted by molar-refractivity contribution is 7.19. The highest BCUT2D eigenvalue weighted by Crippen LogP contribution is 2.35. The van der Waals surface area contributed by atoms with Gasteiger partial charge in [-0.15, -0.1) is 11.3 Å². The maximum absolute atomic E-state index is 13.7. The van der Waals surface area contributed by atoms with Gasteiger partial charge in [0.15, 0.2) is 5.82 Å². The molecule has 13 heteroatoms. The van der Waals surface area contributed by atoms with Crippen molar-refractivity contribution in [2.45, 2.75) is 51.3 Å². The van der Waals surface area contributed by atoms with Crippen molar-refractivity contribution in [3.63, 3.8) is 0 Å². The molecule has 2 saturated heterocycles. The van der Waals surface area contributed by atoms with Crippen molar-refractivity contribution in [2.24, 2.45) is 7.05 Å². The third-order valence-electron chi connectivity index (χ3n) is 9.93. The Bertz CT molecular complexity index is 2120. The first kappa shape index (κ1) is 30.9. The molecule has 3 aliphatic rings. The predicted molar refractivity (Wildman–Crippen MR) is 187 cm³/mol. The van der Waals surface area contributed by atoms with Crippen LogP contribution in [0.1, 0.15) is 35.8 Å². The second-order valence-electron chi connectivity index (χ2n) is 12.9. The van der Waals surface area contributed by atoms with Gasteiger partial charge in [-0.1, -0.05) is 0 Å². The maximum Gasteiger partial charge on any atom is 0.290 e. The number of piperazine rings is 1. The number of nitrogens with zero attached hydrogens (tertiary/aromatic N) is 7. The molecule has 5 aromatic heterocycles. The third-order valence-corrected chi connectivity index (χ3v) is 11.2. The zero-order chi connectivity index (χ0) is 32.9. The number of hydrogen-bond donors (Lipinski definition) is 2. The van der Waals surface area contributed by atoms with Gasteiger partial charge in [0.05, 0.1) is 43.9 Å². The molecule has 0 amide bonds. The Morgan fingerprint density at radius 1 is 1.06 bits per heavy atom. The maximum atomic E-state index is 13.7. The van der Waals surface area contributed by atoms with Crippen LogP contribution in [0.15, 0.2) is 58.6 Å². The lowest BCUT2D eigenvalue weighted by Gasteiger charge is -2.46. The summed E-state index contributed by atoms with van der Waals surface area (Å²) in [6.45, 7) is 6.40. The van der Waals surface area contributed by atoms with Crippen LogP contribution in [0, 0.1) is 0 Å². The van der Waals surface area contributed by atoms with E-state index < -0.39 is 0 Å². The molecule has 1 unspecified atom stereocenters. The number of aliphatic hydroxyl groups excluding tert-OH is 1. The Balaban J connectivity index is 1.08. The van der Waals surface area contributed by atoms with Crippen molar-refractivity contribution in [3.8, 4) is 16.9 Å². The number of rotatable bonds is 7. The number of anilines is 3. The first-order chi connectivity index (χ1) is 23.4. The predicted octanol–water partition coefficient (Wildman–Crippen LogP) is 3.63. The minimum Gasteiger partial charge on any atom is -0.392 e. The van der Waals surface area contributed by atoms with Gasteiger partial charge < -0.3 is 24.6 Å². The average molecular weight is 667 g/mol. The normalized spacial score (nSPS) is 18.6. The fraction of sp³-hybridized carbons (Fsp3) is 0.400. The summed E-state index contributed by atoms with van der Waals surface area (Å²) in [5.74, 6) is 0.816. The standard InChI is InChI=1S/C35H38N8O4S/c1-21-16-41(24-19-47-20-24)11-12-42(21)23-7-8-31(37-14-23)39-29-13-22(17-40(2)34(29)45)25-9-10-36-33(28(25)18-44)43-35(46)32-27(15-38-43)26-5-3-4-6-30(26)48-32/h7-10,13-15,17,21,24,44H,3-6,11-12,16,18-20H2,1-2H3,(H,37,39). The summed E-state index contributed by atoms with van der Waals surface area (Å²) in [5.41, 5.74) is 3.91. The molecule has 0 aromatic carbocycles. The smallest absolute Gasteiger partial charge is 0.290 e. The molecule has 1 atom stereocenters. The van der Waals surface area contributed by atoms with Crippen molar-refractivity contribution >= 4 is 38.6 Å². The molecular formula is C35H38N8O4S. The molecule has 0 radical (unpaired) electrons. The lowest BCUT2D eigenvalue weighted by atomic mass is 9.97. The van der Waals surface area contributed by atoms with E-state index in [0.29, 0.717) is 45.0 Å². The van der Waals surface area contributed by atoms with E-state index in [9.17, 15) is 14.7 Å². The van der Waals surface area contributed by atoms with E-state index in [4.69, 9.17) is 4.74 Å². The molecule has 248 valence electrons. The summed E-state index contributed by atoms with van der Waals surface area (Å²) in [5, 5.41) is 19.3. The SMILES string of the molecule is CC1CN(C2COC2)CCN1c1ccc(Nc2cc(-c3ccnc(-n4ncc5c6c(sc5c4=O)CCCC6)c3CO)cn(C)c2=O)nc1. The summed E-state index contributed by atoms with van der Waals surface area (Å²) in [7, 11) is 1.68. The molecule has 8 rings (SSSR count). The zero-order valence-electron chi connectivity index (χ0n) is 27.1. The molecular weight excluding hydrogens is 629 g/mol. The van der Waals surface area contributed by atoms with E-state index in [-0.39, 0.29) is 23.5 Å². The van der Waals surface area contributed by atoms with Crippen LogP contribution in [0.4, 0.5) is 17.2 Å². The van der Waals surface area contributed by atoms with Gasteiger partial charge in [-0.3, -0.25) is 14.5 Å². The van der Waals surface area contributed by atoms with Crippen molar-refractivity contribution in [3.05, 3.63) is 85.8 Å². The quantitative estimate of drug-likeness (QED) is 0.266. The van der Waals surface area contributed by atoms with Gasteiger partial charge >= 0.3 is 0 Å².